The van der Waals surface area contributed by atoms with Crippen molar-refractivity contribution in [3.05, 3.63) is 11.5 Å². The largest absolute Gasteiger partial charge is 0.461 e. The number of terminal acetylenes is 1. The first-order valence-electron chi connectivity index (χ1n) is 6.60. The molecule has 0 amide bonds. The van der Waals surface area contributed by atoms with E-state index in [0.29, 0.717) is 18.8 Å². The first-order chi connectivity index (χ1) is 9.10. The zero-order chi connectivity index (χ0) is 14.4. The van der Waals surface area contributed by atoms with Crippen LogP contribution in [0.2, 0.25) is 0 Å². The molecule has 0 bridgehead atoms. The lowest BCUT2D eigenvalue weighted by Gasteiger charge is -2.15. The zero-order valence-corrected chi connectivity index (χ0v) is 11.8. The number of carbonyl (C=O) groups is 1. The average Bonchev–Trinajstić information content (AvgIpc) is 2.73. The van der Waals surface area contributed by atoms with Crippen LogP contribution in [0.5, 0.6) is 0 Å². The van der Waals surface area contributed by atoms with E-state index in [9.17, 15) is 4.79 Å². The molecule has 0 aliphatic rings. The molecular formula is C14H21N3O2. The molecule has 5 heteroatoms. The van der Waals surface area contributed by atoms with Crippen LogP contribution in [0.1, 0.15) is 56.0 Å². The van der Waals surface area contributed by atoms with Gasteiger partial charge in [-0.15, -0.1) is 6.42 Å². The summed E-state index contributed by atoms with van der Waals surface area (Å²) in [6.07, 6.45) is 7.95. The molecule has 0 fully saturated rings. The van der Waals surface area contributed by atoms with Crippen LogP contribution in [0.3, 0.4) is 0 Å². The highest BCUT2D eigenvalue weighted by atomic mass is 16.5. The van der Waals surface area contributed by atoms with Gasteiger partial charge in [0.15, 0.2) is 5.69 Å². The third kappa shape index (κ3) is 3.08. The van der Waals surface area contributed by atoms with E-state index in [2.05, 4.69) is 17.8 Å². The molecule has 1 aromatic rings. The molecule has 0 radical (unpaired) electrons. The molecule has 2 N–H and O–H groups in total. The highest BCUT2D eigenvalue weighted by molar-refractivity contribution is 5.92. The number of esters is 1. The van der Waals surface area contributed by atoms with Gasteiger partial charge in [-0.3, -0.25) is 4.57 Å². The maximum Gasteiger partial charge on any atom is 0.360 e. The summed E-state index contributed by atoms with van der Waals surface area (Å²) in [6.45, 7) is 6.04. The second-order valence-corrected chi connectivity index (χ2v) is 4.18. The number of nitrogen functional groups attached to an aromatic ring is 1. The third-order valence-corrected chi connectivity index (χ3v) is 2.87. The van der Waals surface area contributed by atoms with Crippen LogP contribution in [0.4, 0.5) is 5.82 Å². The van der Waals surface area contributed by atoms with Gasteiger partial charge in [0.2, 0.25) is 0 Å². The summed E-state index contributed by atoms with van der Waals surface area (Å²) in [5, 5.41) is 0. The monoisotopic (exact) mass is 263 g/mol. The van der Waals surface area contributed by atoms with E-state index in [1.54, 1.807) is 11.5 Å². The zero-order valence-electron chi connectivity index (χ0n) is 11.8. The first-order valence-corrected chi connectivity index (χ1v) is 6.60. The van der Waals surface area contributed by atoms with Gasteiger partial charge in [0, 0.05) is 6.42 Å². The van der Waals surface area contributed by atoms with Gasteiger partial charge in [0.1, 0.15) is 11.6 Å². The highest BCUT2D eigenvalue weighted by Crippen LogP contribution is 2.24. The standard InChI is InChI=1S/C14H21N3O2/c1-5-9-10(6-2)17-11(7-3)16-12(13(17)15)14(18)19-8-4/h2,10H,5,7-9,15H2,1,3-4H3. The summed E-state index contributed by atoms with van der Waals surface area (Å²) in [5.74, 6) is 3.23. The first kappa shape index (κ1) is 15.1. The van der Waals surface area contributed by atoms with E-state index in [1.165, 1.54) is 0 Å². The third-order valence-electron chi connectivity index (χ3n) is 2.87. The molecule has 0 aromatic carbocycles. The molecule has 0 saturated heterocycles. The minimum atomic E-state index is -0.499. The molecule has 1 unspecified atom stereocenters. The van der Waals surface area contributed by atoms with Crippen molar-refractivity contribution in [2.75, 3.05) is 12.3 Å². The average molecular weight is 263 g/mol. The molecule has 1 aromatic heterocycles. The van der Waals surface area contributed by atoms with Gasteiger partial charge >= 0.3 is 5.97 Å². The summed E-state index contributed by atoms with van der Waals surface area (Å²) in [6, 6.07) is -0.171. The Morgan fingerprint density at radius 1 is 1.53 bits per heavy atom. The Hall–Kier alpha value is -1.96. The highest BCUT2D eigenvalue weighted by Gasteiger charge is 2.23. The minimum absolute atomic E-state index is 0.162. The molecule has 0 saturated carbocycles. The molecule has 1 rings (SSSR count). The molecule has 5 nitrogen and oxygen atoms in total. The predicted octanol–water partition coefficient (Wildman–Crippen LogP) is 2.18. The minimum Gasteiger partial charge on any atom is -0.461 e. The Labute approximate surface area is 114 Å². The molecule has 19 heavy (non-hydrogen) atoms. The summed E-state index contributed by atoms with van der Waals surface area (Å²) < 4.78 is 6.72. The maximum absolute atomic E-state index is 11.8. The number of rotatable bonds is 6. The van der Waals surface area contributed by atoms with Crippen LogP contribution in [0, 0.1) is 12.3 Å². The van der Waals surface area contributed by atoms with Gasteiger partial charge in [-0.2, -0.15) is 0 Å². The lowest BCUT2D eigenvalue weighted by molar-refractivity contribution is 0.0521. The van der Waals surface area contributed by atoms with Gasteiger partial charge in [-0.25, -0.2) is 9.78 Å². The Kier molecular flexibility index (Phi) is 5.43. The molecule has 1 heterocycles. The van der Waals surface area contributed by atoms with Crippen LogP contribution >= 0.6 is 0 Å². The Bertz CT molecular complexity index is 486. The number of carbonyl (C=O) groups excluding carboxylic acids is 1. The van der Waals surface area contributed by atoms with Gasteiger partial charge in [-0.05, 0) is 13.3 Å². The predicted molar refractivity (Wildman–Crippen MR) is 74.8 cm³/mol. The lowest BCUT2D eigenvalue weighted by Crippen LogP contribution is -2.14. The molecule has 104 valence electrons. The number of aryl methyl sites for hydroxylation is 1. The number of aromatic nitrogens is 2. The van der Waals surface area contributed by atoms with Gasteiger partial charge in [0.05, 0.1) is 12.6 Å². The normalized spacial score (nSPS) is 11.9. The van der Waals surface area contributed by atoms with Crippen LogP contribution in [0.25, 0.3) is 0 Å². The van der Waals surface area contributed by atoms with E-state index in [-0.39, 0.29) is 11.7 Å². The van der Waals surface area contributed by atoms with Gasteiger partial charge in [0.25, 0.3) is 0 Å². The van der Waals surface area contributed by atoms with E-state index in [0.717, 1.165) is 18.7 Å². The molecule has 0 aliphatic heterocycles. The van der Waals surface area contributed by atoms with Crippen LogP contribution in [-0.4, -0.2) is 22.1 Å². The van der Waals surface area contributed by atoms with Gasteiger partial charge in [-0.1, -0.05) is 26.2 Å². The van der Waals surface area contributed by atoms with Crippen molar-refractivity contribution in [3.8, 4) is 12.3 Å². The fourth-order valence-corrected chi connectivity index (χ4v) is 2.00. The van der Waals surface area contributed by atoms with Crippen LogP contribution in [0.15, 0.2) is 0 Å². The SMILES string of the molecule is C#CC(CCC)n1c(CC)nc(C(=O)OCC)c1N. The van der Waals surface area contributed by atoms with Crippen LogP contribution in [-0.2, 0) is 11.2 Å². The number of anilines is 1. The van der Waals surface area contributed by atoms with Crippen molar-refractivity contribution in [2.24, 2.45) is 0 Å². The summed E-state index contributed by atoms with van der Waals surface area (Å²) in [5.41, 5.74) is 6.18. The van der Waals surface area contributed by atoms with Crippen molar-refractivity contribution in [2.45, 2.75) is 46.1 Å². The quantitative estimate of drug-likeness (QED) is 0.631. The molecule has 1 atom stereocenters. The number of hydrogen-bond acceptors (Lipinski definition) is 4. The van der Waals surface area contributed by atoms with E-state index >= 15 is 0 Å². The second-order valence-electron chi connectivity index (χ2n) is 4.18. The number of nitrogens with two attached hydrogens (primary N) is 1. The number of ether oxygens (including phenoxy) is 1. The van der Waals surface area contributed by atoms with Crippen molar-refractivity contribution in [1.82, 2.24) is 9.55 Å². The topological polar surface area (TPSA) is 70.1 Å². The number of imidazole rings is 1. The smallest absolute Gasteiger partial charge is 0.360 e. The maximum atomic E-state index is 11.8. The summed E-state index contributed by atoms with van der Waals surface area (Å²) >= 11 is 0. The fraction of sp³-hybridized carbons (Fsp3) is 0.571. The number of hydrogen-bond donors (Lipinski definition) is 1. The summed E-state index contributed by atoms with van der Waals surface area (Å²) in [7, 11) is 0. The van der Waals surface area contributed by atoms with E-state index in [4.69, 9.17) is 16.9 Å². The van der Waals surface area contributed by atoms with Gasteiger partial charge < -0.3 is 10.5 Å². The van der Waals surface area contributed by atoms with E-state index < -0.39 is 5.97 Å². The Morgan fingerprint density at radius 3 is 2.68 bits per heavy atom. The number of nitrogens with zero attached hydrogens (tertiary/aromatic N) is 2. The van der Waals surface area contributed by atoms with Crippen molar-refractivity contribution in [3.63, 3.8) is 0 Å². The second kappa shape index (κ2) is 6.83. The van der Waals surface area contributed by atoms with Crippen molar-refractivity contribution in [1.29, 1.82) is 0 Å². The van der Waals surface area contributed by atoms with Crippen molar-refractivity contribution < 1.29 is 9.53 Å². The molecular weight excluding hydrogens is 242 g/mol. The van der Waals surface area contributed by atoms with Crippen molar-refractivity contribution >= 4 is 11.8 Å². The van der Waals surface area contributed by atoms with Crippen LogP contribution < -0.4 is 5.73 Å². The fourth-order valence-electron chi connectivity index (χ4n) is 2.00. The Balaban J connectivity index is 3.24. The summed E-state index contributed by atoms with van der Waals surface area (Å²) in [4.78, 5) is 16.1. The van der Waals surface area contributed by atoms with E-state index in [1.807, 2.05) is 6.92 Å². The Morgan fingerprint density at radius 2 is 2.21 bits per heavy atom. The lowest BCUT2D eigenvalue weighted by atomic mass is 10.1. The molecule has 0 aliphatic carbocycles. The molecule has 0 spiro atoms.